The molecule has 0 aliphatic rings. The molecule has 1 N–H and O–H groups in total. The molecule has 0 radical (unpaired) electrons. The van der Waals surface area contributed by atoms with Gasteiger partial charge in [-0.2, -0.15) is 0 Å². The molecule has 28 heavy (non-hydrogen) atoms. The van der Waals surface area contributed by atoms with Crippen molar-refractivity contribution >= 4 is 34.1 Å². The number of halogens is 1. The number of rotatable bonds is 5. The summed E-state index contributed by atoms with van der Waals surface area (Å²) >= 11 is 6.01. The molecule has 146 valence electrons. The number of benzene rings is 2. The number of carbonyl (C=O) groups excluding carboxylic acids is 1. The van der Waals surface area contributed by atoms with Gasteiger partial charge in [0.1, 0.15) is 6.54 Å². The summed E-state index contributed by atoms with van der Waals surface area (Å²) in [5.74, 6) is -0.369. The third-order valence-corrected chi connectivity index (χ3v) is 5.12. The van der Waals surface area contributed by atoms with Gasteiger partial charge in [0.05, 0.1) is 10.9 Å². The van der Waals surface area contributed by atoms with Crippen molar-refractivity contribution in [2.45, 2.75) is 39.8 Å². The van der Waals surface area contributed by atoms with Crippen molar-refractivity contribution in [1.29, 1.82) is 0 Å². The molecule has 7 heteroatoms. The number of amides is 1. The zero-order valence-corrected chi connectivity index (χ0v) is 16.8. The smallest absolute Gasteiger partial charge is 0.324 e. The molecule has 3 rings (SSSR count). The number of aryl methyl sites for hydroxylation is 1. The molecule has 0 unspecified atom stereocenters. The number of para-hydroxylation sites is 1. The van der Waals surface area contributed by atoms with Crippen molar-refractivity contribution in [3.05, 3.63) is 73.9 Å². The lowest BCUT2D eigenvalue weighted by Crippen LogP contribution is -2.43. The fourth-order valence-electron chi connectivity index (χ4n) is 3.13. The minimum Gasteiger partial charge on any atom is -0.324 e. The van der Waals surface area contributed by atoms with E-state index in [0.29, 0.717) is 28.0 Å². The van der Waals surface area contributed by atoms with E-state index in [9.17, 15) is 14.4 Å². The Bertz CT molecular complexity index is 1160. The van der Waals surface area contributed by atoms with Crippen LogP contribution >= 0.6 is 11.6 Å². The predicted molar refractivity (Wildman–Crippen MR) is 112 cm³/mol. The van der Waals surface area contributed by atoms with E-state index in [4.69, 9.17) is 11.6 Å². The summed E-state index contributed by atoms with van der Waals surface area (Å²) in [6, 6.07) is 11.8. The lowest BCUT2D eigenvalue weighted by molar-refractivity contribution is -0.116. The average Bonchev–Trinajstić information content (AvgIpc) is 2.68. The van der Waals surface area contributed by atoms with Crippen LogP contribution in [-0.2, 0) is 11.3 Å². The van der Waals surface area contributed by atoms with Crippen molar-refractivity contribution in [3.63, 3.8) is 0 Å². The summed E-state index contributed by atoms with van der Waals surface area (Å²) in [4.78, 5) is 38.5. The molecule has 0 aliphatic carbocycles. The first-order chi connectivity index (χ1) is 13.3. The third kappa shape index (κ3) is 3.73. The van der Waals surface area contributed by atoms with Crippen LogP contribution < -0.4 is 16.6 Å². The van der Waals surface area contributed by atoms with Gasteiger partial charge < -0.3 is 5.32 Å². The van der Waals surface area contributed by atoms with E-state index in [-0.39, 0.29) is 24.1 Å². The van der Waals surface area contributed by atoms with Gasteiger partial charge in [-0.15, -0.1) is 0 Å². The topological polar surface area (TPSA) is 73.1 Å². The monoisotopic (exact) mass is 399 g/mol. The second kappa shape index (κ2) is 8.02. The molecule has 0 bridgehead atoms. The van der Waals surface area contributed by atoms with Crippen LogP contribution in [0.4, 0.5) is 5.69 Å². The normalized spacial score (nSPS) is 12.1. The molecule has 0 aliphatic heterocycles. The molecule has 0 saturated carbocycles. The lowest BCUT2D eigenvalue weighted by atomic mass is 10.2. The summed E-state index contributed by atoms with van der Waals surface area (Å²) < 4.78 is 2.57. The Balaban J connectivity index is 2.07. The molecule has 1 amide bonds. The van der Waals surface area contributed by atoms with Crippen molar-refractivity contribution in [1.82, 2.24) is 9.13 Å². The number of hydrogen-bond acceptors (Lipinski definition) is 3. The fraction of sp³-hybridized carbons (Fsp3) is 0.286. The second-order valence-electron chi connectivity index (χ2n) is 6.83. The maximum absolute atomic E-state index is 13.0. The molecule has 1 aromatic heterocycles. The van der Waals surface area contributed by atoms with Gasteiger partial charge in [0.25, 0.3) is 5.56 Å². The Hall–Kier alpha value is -2.86. The van der Waals surface area contributed by atoms with E-state index < -0.39 is 5.69 Å². The Morgan fingerprint density at radius 2 is 1.89 bits per heavy atom. The minimum absolute atomic E-state index is 0.206. The highest BCUT2D eigenvalue weighted by Crippen LogP contribution is 2.20. The highest BCUT2D eigenvalue weighted by atomic mass is 35.5. The maximum atomic E-state index is 13.0. The SMILES string of the molecule is CC[C@@H](C)n1c(=O)c2ccccc2n(CC(=O)Nc2cc(Cl)ccc2C)c1=O. The number of carbonyl (C=O) groups is 1. The van der Waals surface area contributed by atoms with E-state index in [1.807, 2.05) is 26.8 Å². The zero-order chi connectivity index (χ0) is 20.4. The molecular formula is C21H22ClN3O3. The molecule has 0 fully saturated rings. The first kappa shape index (κ1) is 19.9. The van der Waals surface area contributed by atoms with Gasteiger partial charge in [0, 0.05) is 16.8 Å². The Kier molecular flexibility index (Phi) is 5.70. The van der Waals surface area contributed by atoms with E-state index in [2.05, 4.69) is 5.32 Å². The highest BCUT2D eigenvalue weighted by molar-refractivity contribution is 6.31. The fourth-order valence-corrected chi connectivity index (χ4v) is 3.30. The molecular weight excluding hydrogens is 378 g/mol. The summed E-state index contributed by atoms with van der Waals surface area (Å²) in [7, 11) is 0. The largest absolute Gasteiger partial charge is 0.332 e. The summed E-state index contributed by atoms with van der Waals surface area (Å²) in [5, 5.41) is 3.72. The number of nitrogens with zero attached hydrogens (tertiary/aromatic N) is 2. The molecule has 2 aromatic carbocycles. The van der Waals surface area contributed by atoms with Gasteiger partial charge in [-0.1, -0.05) is 36.7 Å². The van der Waals surface area contributed by atoms with Crippen LogP contribution in [0.15, 0.2) is 52.1 Å². The van der Waals surface area contributed by atoms with Crippen molar-refractivity contribution in [2.75, 3.05) is 5.32 Å². The number of hydrogen-bond donors (Lipinski definition) is 1. The van der Waals surface area contributed by atoms with Crippen LogP contribution in [0.3, 0.4) is 0 Å². The van der Waals surface area contributed by atoms with Gasteiger partial charge in [-0.3, -0.25) is 18.7 Å². The maximum Gasteiger partial charge on any atom is 0.332 e. The van der Waals surface area contributed by atoms with Crippen LogP contribution in [0.2, 0.25) is 5.02 Å². The van der Waals surface area contributed by atoms with Crippen LogP contribution in [0.5, 0.6) is 0 Å². The summed E-state index contributed by atoms with van der Waals surface area (Å²) in [6.07, 6.45) is 0.626. The second-order valence-corrected chi connectivity index (χ2v) is 7.26. The van der Waals surface area contributed by atoms with E-state index in [1.54, 1.807) is 36.4 Å². The number of aromatic nitrogens is 2. The molecule has 6 nitrogen and oxygen atoms in total. The van der Waals surface area contributed by atoms with Crippen molar-refractivity contribution < 1.29 is 4.79 Å². The van der Waals surface area contributed by atoms with E-state index in [1.165, 1.54) is 9.13 Å². The quantitative estimate of drug-likeness (QED) is 0.710. The number of nitrogens with one attached hydrogen (secondary N) is 1. The van der Waals surface area contributed by atoms with Crippen molar-refractivity contribution in [2.24, 2.45) is 0 Å². The minimum atomic E-state index is -0.490. The van der Waals surface area contributed by atoms with Crippen LogP contribution in [-0.4, -0.2) is 15.0 Å². The first-order valence-electron chi connectivity index (χ1n) is 9.13. The summed E-state index contributed by atoms with van der Waals surface area (Å²) in [6.45, 7) is 5.38. The van der Waals surface area contributed by atoms with Crippen LogP contribution in [0.25, 0.3) is 10.9 Å². The standard InChI is InChI=1S/C21H22ClN3O3/c1-4-14(3)25-20(27)16-7-5-6-8-18(16)24(21(25)28)12-19(26)23-17-11-15(22)10-9-13(17)2/h5-11,14H,4,12H2,1-3H3,(H,23,26)/t14-/m1/s1. The van der Waals surface area contributed by atoms with Crippen LogP contribution in [0.1, 0.15) is 31.9 Å². The van der Waals surface area contributed by atoms with E-state index in [0.717, 1.165) is 5.56 Å². The number of fused-ring (bicyclic) bond motifs is 1. The average molecular weight is 400 g/mol. The molecule has 0 spiro atoms. The van der Waals surface area contributed by atoms with Gasteiger partial charge in [0.2, 0.25) is 5.91 Å². The zero-order valence-electron chi connectivity index (χ0n) is 16.0. The van der Waals surface area contributed by atoms with Gasteiger partial charge in [0.15, 0.2) is 0 Å². The van der Waals surface area contributed by atoms with Gasteiger partial charge in [-0.25, -0.2) is 4.79 Å². The highest BCUT2D eigenvalue weighted by Gasteiger charge is 2.18. The van der Waals surface area contributed by atoms with Gasteiger partial charge >= 0.3 is 5.69 Å². The molecule has 0 saturated heterocycles. The van der Waals surface area contributed by atoms with Crippen molar-refractivity contribution in [3.8, 4) is 0 Å². The predicted octanol–water partition coefficient (Wildman–Crippen LogP) is 3.73. The Morgan fingerprint density at radius 1 is 1.18 bits per heavy atom. The molecule has 1 atom stereocenters. The lowest BCUT2D eigenvalue weighted by Gasteiger charge is -2.17. The third-order valence-electron chi connectivity index (χ3n) is 4.89. The molecule has 3 aromatic rings. The Morgan fingerprint density at radius 3 is 2.61 bits per heavy atom. The van der Waals surface area contributed by atoms with E-state index >= 15 is 0 Å². The Labute approximate surface area is 167 Å². The molecule has 1 heterocycles. The summed E-state index contributed by atoms with van der Waals surface area (Å²) in [5.41, 5.74) is 1.06. The number of anilines is 1. The van der Waals surface area contributed by atoms with Crippen LogP contribution in [0, 0.1) is 6.92 Å². The van der Waals surface area contributed by atoms with Gasteiger partial charge in [-0.05, 0) is 50.1 Å². The first-order valence-corrected chi connectivity index (χ1v) is 9.51.